The number of carboxylic acid groups (broad SMARTS) is 1. The van der Waals surface area contributed by atoms with Gasteiger partial charge in [0.2, 0.25) is 0 Å². The Labute approximate surface area is 112 Å². The summed E-state index contributed by atoms with van der Waals surface area (Å²) < 4.78 is 0. The van der Waals surface area contributed by atoms with Crippen LogP contribution < -0.4 is 5.11 Å². The fourth-order valence-corrected chi connectivity index (χ4v) is 1.15. The van der Waals surface area contributed by atoms with E-state index in [1.54, 1.807) is 18.7 Å². The molecule has 4 nitrogen and oxygen atoms in total. The first-order valence-electron chi connectivity index (χ1n) is 5.35. The molecule has 0 amide bonds. The number of nitrogens with zero attached hydrogens (tertiary/aromatic N) is 1. The van der Waals surface area contributed by atoms with Gasteiger partial charge in [0, 0.05) is 18.4 Å². The summed E-state index contributed by atoms with van der Waals surface area (Å²) in [6.45, 7) is 3.94. The molecule has 0 saturated heterocycles. The van der Waals surface area contributed by atoms with Crippen molar-refractivity contribution in [3.05, 3.63) is 18.7 Å². The molecule has 0 fully saturated rings. The van der Waals surface area contributed by atoms with Crippen LogP contribution in [0.3, 0.4) is 0 Å². The van der Waals surface area contributed by atoms with E-state index in [0.29, 0.717) is 6.42 Å². The Morgan fingerprint density at radius 2 is 2.19 bits per heavy atom. The second-order valence-corrected chi connectivity index (χ2v) is 3.33. The van der Waals surface area contributed by atoms with Crippen LogP contribution in [-0.4, -0.2) is 15.9 Å². The molecule has 96 valence electrons. The van der Waals surface area contributed by atoms with Gasteiger partial charge < -0.3 is 14.9 Å². The van der Waals surface area contributed by atoms with Crippen molar-refractivity contribution >= 4 is 5.97 Å². The molecule has 1 aromatic rings. The minimum absolute atomic E-state index is 0. The number of hydrogen-bond acceptors (Lipinski definition) is 3. The molecule has 1 heterocycles. The van der Waals surface area contributed by atoms with Crippen molar-refractivity contribution in [2.75, 3.05) is 0 Å². The van der Waals surface area contributed by atoms with Crippen molar-refractivity contribution in [1.29, 1.82) is 0 Å². The first kappa shape index (κ1) is 17.8. The molecule has 0 aliphatic carbocycles. The van der Waals surface area contributed by atoms with Crippen LogP contribution in [0.4, 0.5) is 0 Å². The molecule has 0 aliphatic rings. The number of nitrogens with one attached hydrogen (secondary N) is 1. The second-order valence-electron chi connectivity index (χ2n) is 3.33. The minimum atomic E-state index is -0.893. The van der Waals surface area contributed by atoms with Gasteiger partial charge in [-0.2, -0.15) is 0 Å². The maximum atomic E-state index is 10.3. The average molecular weight is 408 g/mol. The summed E-state index contributed by atoms with van der Waals surface area (Å²) in [6.07, 6.45) is 8.61. The summed E-state index contributed by atoms with van der Waals surface area (Å²) in [6, 6.07) is 0. The number of rotatable bonds is 5. The third-order valence-corrected chi connectivity index (χ3v) is 2.14. The molecule has 0 aliphatic heterocycles. The molecular weight excluding hydrogens is 389 g/mol. The third kappa shape index (κ3) is 9.96. The van der Waals surface area contributed by atoms with Gasteiger partial charge in [-0.3, -0.25) is 0 Å². The van der Waals surface area contributed by atoms with Crippen LogP contribution in [-0.2, 0) is 27.2 Å². The number of carboxylic acids is 1. The Hall–Kier alpha value is -0.580. The molecule has 1 atom stereocenters. The average Bonchev–Trinajstić information content (AvgIpc) is 2.76. The molecule has 1 rings (SSSR count). The van der Waals surface area contributed by atoms with Crippen LogP contribution in [0.15, 0.2) is 18.7 Å². The van der Waals surface area contributed by atoms with Gasteiger partial charge in [-0.15, -0.1) is 0 Å². The fourth-order valence-electron chi connectivity index (χ4n) is 1.15. The molecule has 5 heteroatoms. The zero-order valence-corrected chi connectivity index (χ0v) is 11.9. The van der Waals surface area contributed by atoms with Gasteiger partial charge in [-0.05, 0) is 18.8 Å². The number of unbranched alkanes of at least 4 members (excludes halogenated alkanes) is 1. The number of aromatic amines is 1. The predicted octanol–water partition coefficient (Wildman–Crippen LogP) is 1.36. The van der Waals surface area contributed by atoms with E-state index in [0.717, 1.165) is 19.3 Å². The number of hydrogen-bond donors (Lipinski definition) is 1. The largest absolute Gasteiger partial charge is 1.00 e. The Morgan fingerprint density at radius 3 is 2.44 bits per heavy atom. The Bertz CT molecular complexity index is 223. The molecular formula is C11H19AuN2O2. The number of H-pyrrole nitrogens is 1. The molecule has 0 saturated carbocycles. The minimum Gasteiger partial charge on any atom is -0.550 e. The van der Waals surface area contributed by atoms with Gasteiger partial charge in [-0.1, -0.05) is 26.7 Å². The van der Waals surface area contributed by atoms with Crippen molar-refractivity contribution < 1.29 is 32.3 Å². The van der Waals surface area contributed by atoms with Crippen LogP contribution >= 0.6 is 0 Å². The van der Waals surface area contributed by atoms with E-state index in [9.17, 15) is 9.90 Å². The molecule has 1 aromatic heterocycles. The van der Waals surface area contributed by atoms with Crippen LogP contribution in [0.2, 0.25) is 0 Å². The summed E-state index contributed by atoms with van der Waals surface area (Å²) in [5.41, 5.74) is 0. The van der Waals surface area contributed by atoms with Gasteiger partial charge in [0.1, 0.15) is 0 Å². The van der Waals surface area contributed by atoms with E-state index in [1.165, 1.54) is 0 Å². The van der Waals surface area contributed by atoms with E-state index in [-0.39, 0.29) is 28.3 Å². The second kappa shape index (κ2) is 12.5. The van der Waals surface area contributed by atoms with Gasteiger partial charge in [0.25, 0.3) is 0 Å². The zero-order chi connectivity index (χ0) is 11.5. The molecule has 0 radical (unpaired) electrons. The Kier molecular flexibility index (Phi) is 13.9. The standard InChI is InChI=1S/C8H16O2.C3H4N2.Au/c1-3-5-6-7(4-2)8(9)10;1-2-5-3-4-1;/h7H,3-6H2,1-2H3,(H,9,10);1-3H,(H,4,5);/q;;+1/p-1. The topological polar surface area (TPSA) is 68.8 Å². The van der Waals surface area contributed by atoms with Crippen molar-refractivity contribution in [2.45, 2.75) is 39.5 Å². The van der Waals surface area contributed by atoms with Crippen LogP contribution in [0, 0.1) is 5.92 Å². The van der Waals surface area contributed by atoms with Crippen molar-refractivity contribution in [3.63, 3.8) is 0 Å². The molecule has 1 N–H and O–H groups in total. The van der Waals surface area contributed by atoms with Gasteiger partial charge in [-0.25, -0.2) is 4.98 Å². The predicted molar refractivity (Wildman–Crippen MR) is 56.9 cm³/mol. The van der Waals surface area contributed by atoms with Crippen LogP contribution in [0.25, 0.3) is 0 Å². The first-order chi connectivity index (χ1) is 7.22. The van der Waals surface area contributed by atoms with E-state index < -0.39 is 5.97 Å². The monoisotopic (exact) mass is 408 g/mol. The normalized spacial score (nSPS) is 10.6. The summed E-state index contributed by atoms with van der Waals surface area (Å²) in [4.78, 5) is 16.7. The molecule has 1 unspecified atom stereocenters. The fraction of sp³-hybridized carbons (Fsp3) is 0.636. The van der Waals surface area contributed by atoms with Gasteiger partial charge in [0.05, 0.1) is 6.33 Å². The number of aromatic nitrogens is 2. The van der Waals surface area contributed by atoms with Crippen molar-refractivity contribution in [3.8, 4) is 0 Å². The van der Waals surface area contributed by atoms with E-state index >= 15 is 0 Å². The molecule has 0 spiro atoms. The summed E-state index contributed by atoms with van der Waals surface area (Å²) in [5.74, 6) is -1.11. The molecule has 0 bridgehead atoms. The Morgan fingerprint density at radius 1 is 1.50 bits per heavy atom. The molecule has 16 heavy (non-hydrogen) atoms. The number of imidazole rings is 1. The maximum Gasteiger partial charge on any atom is 1.00 e. The Balaban J connectivity index is 0. The maximum absolute atomic E-state index is 10.3. The number of aliphatic carboxylic acids is 1. The smallest absolute Gasteiger partial charge is 0.550 e. The third-order valence-electron chi connectivity index (χ3n) is 2.14. The van der Waals surface area contributed by atoms with Crippen molar-refractivity contribution in [2.24, 2.45) is 5.92 Å². The summed E-state index contributed by atoms with van der Waals surface area (Å²) >= 11 is 0. The van der Waals surface area contributed by atoms with Crippen LogP contribution in [0.1, 0.15) is 39.5 Å². The van der Waals surface area contributed by atoms with E-state index in [4.69, 9.17) is 0 Å². The van der Waals surface area contributed by atoms with E-state index in [2.05, 4.69) is 16.9 Å². The zero-order valence-electron chi connectivity index (χ0n) is 9.70. The van der Waals surface area contributed by atoms with Gasteiger partial charge >= 0.3 is 22.4 Å². The van der Waals surface area contributed by atoms with Crippen molar-refractivity contribution in [1.82, 2.24) is 9.97 Å². The van der Waals surface area contributed by atoms with Gasteiger partial charge in [0.15, 0.2) is 0 Å². The number of carbonyl (C=O) groups is 1. The first-order valence-corrected chi connectivity index (χ1v) is 5.35. The van der Waals surface area contributed by atoms with E-state index in [1.807, 2.05) is 6.92 Å². The summed E-state index contributed by atoms with van der Waals surface area (Å²) in [7, 11) is 0. The van der Waals surface area contributed by atoms with Crippen LogP contribution in [0.5, 0.6) is 0 Å². The number of carbonyl (C=O) groups excluding carboxylic acids is 1. The molecule has 0 aromatic carbocycles. The summed E-state index contributed by atoms with van der Waals surface area (Å²) in [5, 5.41) is 10.3. The quantitative estimate of drug-likeness (QED) is 0.749. The SMILES string of the molecule is CCCCC(CC)C(=O)[O-].[Au+].c1c[nH]cn1.